The number of carbonyl (C=O) groups excluding carboxylic acids is 1. The molecule has 0 aromatic carbocycles. The largest absolute Gasteiger partial charge is 0.388 e. The Kier molecular flexibility index (Phi) is 4.77. The van der Waals surface area contributed by atoms with Crippen molar-refractivity contribution in [3.05, 3.63) is 35.7 Å². The zero-order valence-corrected chi connectivity index (χ0v) is 19.0. The van der Waals surface area contributed by atoms with Crippen molar-refractivity contribution in [3.8, 4) is 0 Å². The third-order valence-electron chi connectivity index (χ3n) is 9.24. The van der Waals surface area contributed by atoms with Crippen LogP contribution >= 0.6 is 0 Å². The van der Waals surface area contributed by atoms with Crippen molar-refractivity contribution in [2.24, 2.45) is 28.6 Å². The van der Waals surface area contributed by atoms with Gasteiger partial charge in [0, 0.05) is 48.9 Å². The lowest BCUT2D eigenvalue weighted by molar-refractivity contribution is -0.140. The van der Waals surface area contributed by atoms with Gasteiger partial charge in [0.05, 0.1) is 6.10 Å². The van der Waals surface area contributed by atoms with E-state index in [0.717, 1.165) is 43.2 Å². The molecule has 5 rings (SSSR count). The summed E-state index contributed by atoms with van der Waals surface area (Å²) in [4.78, 5) is 22.9. The maximum Gasteiger partial charge on any atom is 0.246 e. The topological polar surface area (TPSA) is 78.4 Å². The Morgan fingerprint density at radius 2 is 1.94 bits per heavy atom. The van der Waals surface area contributed by atoms with Crippen molar-refractivity contribution in [3.63, 3.8) is 0 Å². The molecule has 0 bridgehead atoms. The van der Waals surface area contributed by atoms with Gasteiger partial charge in [-0.3, -0.25) is 4.79 Å². The van der Waals surface area contributed by atoms with Crippen LogP contribution in [0.1, 0.15) is 51.5 Å². The van der Waals surface area contributed by atoms with E-state index in [1.54, 1.807) is 13.1 Å². The molecular formula is C25H34N4O2. The van der Waals surface area contributed by atoms with E-state index in [2.05, 4.69) is 41.3 Å². The quantitative estimate of drug-likeness (QED) is 0.763. The average Bonchev–Trinajstić information content (AvgIpc) is 3.02. The molecule has 0 unspecified atom stereocenters. The number of amides is 1. The number of nitrogens with one attached hydrogen (secondary N) is 1. The number of fused-ring (bicyclic) bond motifs is 5. The molecule has 6 heteroatoms. The van der Waals surface area contributed by atoms with Crippen molar-refractivity contribution in [2.45, 2.75) is 58.1 Å². The highest BCUT2D eigenvalue weighted by Crippen LogP contribution is 2.64. The number of aromatic nitrogens is 2. The highest BCUT2D eigenvalue weighted by Gasteiger charge is 2.61. The van der Waals surface area contributed by atoms with Crippen LogP contribution < -0.4 is 5.32 Å². The lowest BCUT2D eigenvalue weighted by Gasteiger charge is -2.59. The number of aliphatic hydroxyl groups is 1. The second kappa shape index (κ2) is 7.16. The van der Waals surface area contributed by atoms with E-state index in [4.69, 9.17) is 0 Å². The van der Waals surface area contributed by atoms with Gasteiger partial charge in [0.1, 0.15) is 0 Å². The number of likely N-dealkylation sites (N-methyl/N-ethyl adjacent to an activating group) is 1. The Morgan fingerprint density at radius 3 is 2.65 bits per heavy atom. The predicted octanol–water partition coefficient (Wildman–Crippen LogP) is 3.51. The summed E-state index contributed by atoms with van der Waals surface area (Å²) in [5.74, 6) is 2.34. The molecular weight excluding hydrogens is 388 g/mol. The van der Waals surface area contributed by atoms with Crippen LogP contribution in [0.4, 0.5) is 5.95 Å². The van der Waals surface area contributed by atoms with Gasteiger partial charge >= 0.3 is 0 Å². The fourth-order valence-corrected chi connectivity index (χ4v) is 7.49. The maximum atomic E-state index is 12.3. The summed E-state index contributed by atoms with van der Waals surface area (Å²) in [6, 6.07) is 0.291. The van der Waals surface area contributed by atoms with E-state index in [1.165, 1.54) is 0 Å². The molecule has 3 saturated carbocycles. The standard InChI is InChI=1S/C25H34N4O2/c1-24-10-8-21(30)29(4)20(24)6-5-17-18(24)7-9-25(2)19(17)12-16(22(25)31)11-15-13-27-23(26-3)28-14-15/h8,10-11,13-14,17-20,22,31H,5-7,9,12H2,1-4H3,(H,26,27,28)/b16-11+/t17-,18+,19+,20-,22+,24-,25+/m1/s1. The molecule has 3 aliphatic carbocycles. The molecule has 0 radical (unpaired) electrons. The van der Waals surface area contributed by atoms with E-state index in [9.17, 15) is 9.90 Å². The molecule has 2 heterocycles. The molecule has 0 saturated heterocycles. The van der Waals surface area contributed by atoms with Crippen LogP contribution in [-0.4, -0.2) is 52.1 Å². The van der Waals surface area contributed by atoms with Gasteiger partial charge < -0.3 is 15.3 Å². The van der Waals surface area contributed by atoms with Crippen LogP contribution in [0.2, 0.25) is 0 Å². The molecule has 1 aliphatic heterocycles. The lowest BCUT2D eigenvalue weighted by atomic mass is 9.48. The predicted molar refractivity (Wildman–Crippen MR) is 121 cm³/mol. The molecule has 1 aromatic rings. The van der Waals surface area contributed by atoms with Gasteiger partial charge in [-0.25, -0.2) is 9.97 Å². The minimum atomic E-state index is -0.417. The van der Waals surface area contributed by atoms with Gasteiger partial charge in [-0.2, -0.15) is 0 Å². The monoisotopic (exact) mass is 422 g/mol. The van der Waals surface area contributed by atoms with Crippen LogP contribution in [0, 0.1) is 28.6 Å². The zero-order valence-electron chi connectivity index (χ0n) is 19.0. The van der Waals surface area contributed by atoms with Crippen molar-refractivity contribution < 1.29 is 9.90 Å². The molecule has 3 fully saturated rings. The second-order valence-electron chi connectivity index (χ2n) is 10.6. The first-order chi connectivity index (χ1) is 14.8. The third kappa shape index (κ3) is 2.98. The van der Waals surface area contributed by atoms with Crippen LogP contribution in [0.5, 0.6) is 0 Å². The summed E-state index contributed by atoms with van der Waals surface area (Å²) in [6.07, 6.45) is 14.6. The number of aliphatic hydroxyl groups excluding tert-OH is 1. The normalized spacial score (nSPS) is 42.9. The van der Waals surface area contributed by atoms with Gasteiger partial charge in [-0.15, -0.1) is 0 Å². The van der Waals surface area contributed by atoms with Gasteiger partial charge in [-0.05, 0) is 61.5 Å². The first kappa shape index (κ1) is 20.7. The summed E-state index contributed by atoms with van der Waals surface area (Å²) in [6.45, 7) is 4.65. The number of carbonyl (C=O) groups is 1. The third-order valence-corrected chi connectivity index (χ3v) is 9.24. The Hall–Kier alpha value is -2.21. The molecule has 1 amide bonds. The lowest BCUT2D eigenvalue weighted by Crippen LogP contribution is -2.59. The highest BCUT2D eigenvalue weighted by molar-refractivity contribution is 5.89. The van der Waals surface area contributed by atoms with Gasteiger partial charge in [0.15, 0.2) is 0 Å². The Bertz CT molecular complexity index is 941. The van der Waals surface area contributed by atoms with Crippen LogP contribution in [0.15, 0.2) is 30.1 Å². The van der Waals surface area contributed by atoms with E-state index in [-0.39, 0.29) is 16.7 Å². The van der Waals surface area contributed by atoms with Crippen molar-refractivity contribution in [1.29, 1.82) is 0 Å². The number of anilines is 1. The number of rotatable bonds is 2. The average molecular weight is 423 g/mol. The first-order valence-electron chi connectivity index (χ1n) is 11.6. The minimum Gasteiger partial charge on any atom is -0.388 e. The van der Waals surface area contributed by atoms with Gasteiger partial charge in [0.2, 0.25) is 11.9 Å². The molecule has 31 heavy (non-hydrogen) atoms. The van der Waals surface area contributed by atoms with Crippen LogP contribution in [-0.2, 0) is 4.79 Å². The van der Waals surface area contributed by atoms with Gasteiger partial charge in [-0.1, -0.05) is 26.0 Å². The van der Waals surface area contributed by atoms with Crippen molar-refractivity contribution >= 4 is 17.9 Å². The Labute approximate surface area is 184 Å². The Morgan fingerprint density at radius 1 is 1.19 bits per heavy atom. The fourth-order valence-electron chi connectivity index (χ4n) is 7.49. The molecule has 0 spiro atoms. The minimum absolute atomic E-state index is 0.0289. The van der Waals surface area contributed by atoms with E-state index >= 15 is 0 Å². The highest BCUT2D eigenvalue weighted by atomic mass is 16.3. The molecule has 1 aromatic heterocycles. The molecule has 4 aliphatic rings. The first-order valence-corrected chi connectivity index (χ1v) is 11.6. The van der Waals surface area contributed by atoms with Crippen molar-refractivity contribution in [2.75, 3.05) is 19.4 Å². The van der Waals surface area contributed by atoms with Crippen LogP contribution in [0.25, 0.3) is 6.08 Å². The number of nitrogens with zero attached hydrogens (tertiary/aromatic N) is 3. The summed E-state index contributed by atoms with van der Waals surface area (Å²) >= 11 is 0. The van der Waals surface area contributed by atoms with Crippen molar-refractivity contribution in [1.82, 2.24) is 14.9 Å². The van der Waals surface area contributed by atoms with E-state index in [1.807, 2.05) is 24.3 Å². The number of hydrogen-bond donors (Lipinski definition) is 2. The summed E-state index contributed by atoms with van der Waals surface area (Å²) in [5, 5.41) is 14.3. The van der Waals surface area contributed by atoms with Crippen LogP contribution in [0.3, 0.4) is 0 Å². The van der Waals surface area contributed by atoms with E-state index in [0.29, 0.717) is 29.7 Å². The SMILES string of the molecule is CNc1ncc(/C=C2\C[C@H]3[C@@H]4CC[C@H]5N(C)C(=O)C=C[C@]5(C)[C@H]4CC[C@]3(C)[C@H]2O)cn1. The van der Waals surface area contributed by atoms with E-state index < -0.39 is 6.10 Å². The number of hydrogen-bond acceptors (Lipinski definition) is 5. The molecule has 2 N–H and O–H groups in total. The fraction of sp³-hybridized carbons (Fsp3) is 0.640. The molecule has 6 nitrogen and oxygen atoms in total. The molecule has 7 atom stereocenters. The zero-order chi connectivity index (χ0) is 22.0. The molecule has 166 valence electrons. The summed E-state index contributed by atoms with van der Waals surface area (Å²) < 4.78 is 0. The second-order valence-corrected chi connectivity index (χ2v) is 10.6. The summed E-state index contributed by atoms with van der Waals surface area (Å²) in [7, 11) is 3.77. The Balaban J connectivity index is 1.45. The van der Waals surface area contributed by atoms with Gasteiger partial charge in [0.25, 0.3) is 0 Å². The maximum absolute atomic E-state index is 12.3. The smallest absolute Gasteiger partial charge is 0.246 e. The summed E-state index contributed by atoms with van der Waals surface area (Å²) in [5.41, 5.74) is 2.01.